The van der Waals surface area contributed by atoms with E-state index in [-0.39, 0.29) is 11.7 Å². The Morgan fingerprint density at radius 2 is 1.28 bits per heavy atom. The van der Waals surface area contributed by atoms with Gasteiger partial charge in [-0.05, 0) is 38.5 Å². The van der Waals surface area contributed by atoms with Crippen LogP contribution in [0.2, 0.25) is 0 Å². The number of carboxylic acid groups (broad SMARTS) is 1. The predicted octanol–water partition coefficient (Wildman–Crippen LogP) is 7.46. The minimum Gasteiger partial charge on any atom is -0.478 e. The number of hydrogen-bond donors (Lipinski definition) is 1. The number of hydrogen-bond acceptors (Lipinski definition) is 3. The quantitative estimate of drug-likeness (QED) is 0.136. The lowest BCUT2D eigenvalue weighted by atomic mass is 10.0. The maximum Gasteiger partial charge on any atom is 0.331 e. The molecule has 0 saturated heterocycles. The second kappa shape index (κ2) is 18.7. The Bertz CT molecular complexity index is 454. The van der Waals surface area contributed by atoms with Gasteiger partial charge in [0, 0.05) is 11.6 Å². The van der Waals surface area contributed by atoms with Crippen molar-refractivity contribution in [1.29, 1.82) is 0 Å². The molecular formula is C25H46O4. The average Bonchev–Trinajstić information content (AvgIpc) is 2.65. The molecule has 0 bridgehead atoms. The van der Waals surface area contributed by atoms with E-state index in [1.807, 2.05) is 13.8 Å². The van der Waals surface area contributed by atoms with Gasteiger partial charge in [-0.3, -0.25) is 0 Å². The SMILES string of the molecule is CCCCC(=CC(=O)OC(C)CCCCCCCCCCCCC(C)C)C(=O)O. The first-order valence-corrected chi connectivity index (χ1v) is 12.0. The van der Waals surface area contributed by atoms with Crippen molar-refractivity contribution in [2.45, 2.75) is 130 Å². The van der Waals surface area contributed by atoms with Crippen LogP contribution in [0.4, 0.5) is 0 Å². The lowest BCUT2D eigenvalue weighted by molar-refractivity contribution is -0.143. The summed E-state index contributed by atoms with van der Waals surface area (Å²) in [6, 6.07) is 0. The van der Waals surface area contributed by atoms with Gasteiger partial charge < -0.3 is 9.84 Å². The summed E-state index contributed by atoms with van der Waals surface area (Å²) >= 11 is 0. The number of rotatable bonds is 19. The smallest absolute Gasteiger partial charge is 0.331 e. The Kier molecular flexibility index (Phi) is 17.8. The highest BCUT2D eigenvalue weighted by atomic mass is 16.5. The van der Waals surface area contributed by atoms with Crippen molar-refractivity contribution in [2.24, 2.45) is 5.92 Å². The van der Waals surface area contributed by atoms with Crippen molar-refractivity contribution in [2.75, 3.05) is 0 Å². The van der Waals surface area contributed by atoms with E-state index in [0.717, 1.165) is 37.7 Å². The van der Waals surface area contributed by atoms with Gasteiger partial charge in [0.1, 0.15) is 0 Å². The first-order chi connectivity index (χ1) is 13.9. The Morgan fingerprint density at radius 1 is 0.793 bits per heavy atom. The molecule has 0 radical (unpaired) electrons. The van der Waals surface area contributed by atoms with Gasteiger partial charge in [0.15, 0.2) is 0 Å². The molecule has 0 fully saturated rings. The molecule has 0 aromatic heterocycles. The van der Waals surface area contributed by atoms with E-state index in [9.17, 15) is 9.59 Å². The fourth-order valence-electron chi connectivity index (χ4n) is 3.44. The molecule has 1 unspecified atom stereocenters. The number of aliphatic carboxylic acids is 1. The fourth-order valence-corrected chi connectivity index (χ4v) is 3.44. The lowest BCUT2D eigenvalue weighted by Crippen LogP contribution is -2.14. The Morgan fingerprint density at radius 3 is 1.72 bits per heavy atom. The number of carbonyl (C=O) groups is 2. The fraction of sp³-hybridized carbons (Fsp3) is 0.840. The number of esters is 1. The van der Waals surface area contributed by atoms with Crippen LogP contribution in [-0.2, 0) is 14.3 Å². The van der Waals surface area contributed by atoms with Crippen molar-refractivity contribution < 1.29 is 19.4 Å². The maximum absolute atomic E-state index is 11.9. The van der Waals surface area contributed by atoms with Crippen LogP contribution in [0.1, 0.15) is 124 Å². The van der Waals surface area contributed by atoms with Gasteiger partial charge in [0.25, 0.3) is 0 Å². The highest BCUT2D eigenvalue weighted by molar-refractivity contribution is 5.95. The molecule has 0 saturated carbocycles. The molecule has 170 valence electrons. The van der Waals surface area contributed by atoms with E-state index in [4.69, 9.17) is 9.84 Å². The van der Waals surface area contributed by atoms with Gasteiger partial charge in [-0.1, -0.05) is 91.4 Å². The monoisotopic (exact) mass is 410 g/mol. The van der Waals surface area contributed by atoms with Gasteiger partial charge in [0.2, 0.25) is 0 Å². The summed E-state index contributed by atoms with van der Waals surface area (Å²) in [4.78, 5) is 23.1. The molecule has 0 aromatic carbocycles. The van der Waals surface area contributed by atoms with Crippen molar-refractivity contribution in [3.63, 3.8) is 0 Å². The largest absolute Gasteiger partial charge is 0.478 e. The minimum absolute atomic E-state index is 0.143. The molecule has 0 aliphatic rings. The molecule has 0 rings (SSSR count). The molecule has 0 aliphatic heterocycles. The van der Waals surface area contributed by atoms with Crippen LogP contribution in [0.3, 0.4) is 0 Å². The van der Waals surface area contributed by atoms with Gasteiger partial charge in [-0.25, -0.2) is 9.59 Å². The predicted molar refractivity (Wildman–Crippen MR) is 121 cm³/mol. The third kappa shape index (κ3) is 18.4. The molecule has 1 atom stereocenters. The topological polar surface area (TPSA) is 63.6 Å². The van der Waals surface area contributed by atoms with E-state index in [2.05, 4.69) is 13.8 Å². The number of carbonyl (C=O) groups excluding carboxylic acids is 1. The number of carboxylic acids is 1. The summed E-state index contributed by atoms with van der Waals surface area (Å²) in [6.45, 7) is 8.48. The van der Waals surface area contributed by atoms with Gasteiger partial charge in [0.05, 0.1) is 6.10 Å². The minimum atomic E-state index is -1.03. The van der Waals surface area contributed by atoms with Crippen LogP contribution in [0, 0.1) is 5.92 Å². The van der Waals surface area contributed by atoms with E-state index in [1.54, 1.807) is 0 Å². The van der Waals surface area contributed by atoms with Crippen molar-refractivity contribution >= 4 is 11.9 Å². The Balaban J connectivity index is 3.67. The second-order valence-electron chi connectivity index (χ2n) is 8.83. The van der Waals surface area contributed by atoms with Gasteiger partial charge >= 0.3 is 11.9 Å². The Labute approximate surface area is 179 Å². The summed E-state index contributed by atoms with van der Waals surface area (Å²) in [5.41, 5.74) is 0.143. The summed E-state index contributed by atoms with van der Waals surface area (Å²) in [5, 5.41) is 9.14. The summed E-state index contributed by atoms with van der Waals surface area (Å²) in [7, 11) is 0. The maximum atomic E-state index is 11.9. The van der Waals surface area contributed by atoms with Crippen LogP contribution in [0.5, 0.6) is 0 Å². The van der Waals surface area contributed by atoms with E-state index < -0.39 is 11.9 Å². The van der Waals surface area contributed by atoms with Crippen LogP contribution in [0.25, 0.3) is 0 Å². The zero-order valence-electron chi connectivity index (χ0n) is 19.5. The first kappa shape index (κ1) is 27.7. The van der Waals surface area contributed by atoms with E-state index in [1.165, 1.54) is 64.2 Å². The molecule has 0 amide bonds. The zero-order valence-corrected chi connectivity index (χ0v) is 19.5. The van der Waals surface area contributed by atoms with Crippen LogP contribution >= 0.6 is 0 Å². The summed E-state index contributed by atoms with van der Waals surface area (Å²) < 4.78 is 5.34. The highest BCUT2D eigenvalue weighted by Gasteiger charge is 2.12. The molecular weight excluding hydrogens is 364 g/mol. The zero-order chi connectivity index (χ0) is 21.9. The van der Waals surface area contributed by atoms with E-state index >= 15 is 0 Å². The molecule has 4 nitrogen and oxygen atoms in total. The average molecular weight is 411 g/mol. The summed E-state index contributed by atoms with van der Waals surface area (Å²) in [5.74, 6) is -0.719. The third-order valence-electron chi connectivity index (χ3n) is 5.33. The molecule has 0 heterocycles. The molecule has 29 heavy (non-hydrogen) atoms. The second-order valence-corrected chi connectivity index (χ2v) is 8.83. The van der Waals surface area contributed by atoms with Crippen LogP contribution in [0.15, 0.2) is 11.6 Å². The van der Waals surface area contributed by atoms with Crippen LogP contribution in [-0.4, -0.2) is 23.1 Å². The summed E-state index contributed by atoms with van der Waals surface area (Å²) in [6.07, 6.45) is 18.2. The number of unbranched alkanes of at least 4 members (excludes halogenated alkanes) is 10. The van der Waals surface area contributed by atoms with Gasteiger partial charge in [-0.2, -0.15) is 0 Å². The highest BCUT2D eigenvalue weighted by Crippen LogP contribution is 2.15. The Hall–Kier alpha value is -1.32. The van der Waals surface area contributed by atoms with E-state index in [0.29, 0.717) is 6.42 Å². The molecule has 0 spiro atoms. The first-order valence-electron chi connectivity index (χ1n) is 12.0. The van der Waals surface area contributed by atoms with Crippen molar-refractivity contribution in [1.82, 2.24) is 0 Å². The molecule has 4 heteroatoms. The lowest BCUT2D eigenvalue weighted by Gasteiger charge is -2.12. The number of ether oxygens (including phenoxy) is 1. The third-order valence-corrected chi connectivity index (χ3v) is 5.33. The van der Waals surface area contributed by atoms with Crippen LogP contribution < -0.4 is 0 Å². The molecule has 1 N–H and O–H groups in total. The molecule has 0 aromatic rings. The normalized spacial score (nSPS) is 12.9. The van der Waals surface area contributed by atoms with Crippen molar-refractivity contribution in [3.8, 4) is 0 Å². The standard InChI is InChI=1S/C25H46O4/c1-5-6-19-23(25(27)28)20-24(26)29-22(4)18-16-14-12-10-8-7-9-11-13-15-17-21(2)3/h20-22H,5-19H2,1-4H3,(H,27,28). The van der Waals surface area contributed by atoms with Gasteiger partial charge in [-0.15, -0.1) is 0 Å². The van der Waals surface area contributed by atoms with Crippen molar-refractivity contribution in [3.05, 3.63) is 11.6 Å². The molecule has 0 aliphatic carbocycles.